The third-order valence-electron chi connectivity index (χ3n) is 8.33. The molecule has 1 aromatic rings. The summed E-state index contributed by atoms with van der Waals surface area (Å²) in [7, 11) is 0. The first-order valence-corrected chi connectivity index (χ1v) is 17.0. The number of carbonyl (C=O) groups is 4. The van der Waals surface area contributed by atoms with E-state index < -0.39 is 35.5 Å². The molecule has 0 aromatic heterocycles. The Bertz CT molecular complexity index is 1220. The van der Waals surface area contributed by atoms with Crippen LogP contribution >= 0.6 is 11.8 Å². The number of fused-ring (bicyclic) bond motifs is 1. The minimum Gasteiger partial charge on any atom is -0.377 e. The Morgan fingerprint density at radius 2 is 1.73 bits per heavy atom. The Morgan fingerprint density at radius 1 is 0.977 bits per heavy atom. The van der Waals surface area contributed by atoms with Gasteiger partial charge in [0, 0.05) is 19.1 Å². The quantitative estimate of drug-likeness (QED) is 0.259. The van der Waals surface area contributed by atoms with E-state index in [0.717, 1.165) is 6.42 Å². The summed E-state index contributed by atoms with van der Waals surface area (Å²) in [6.07, 6.45) is 6.43. The van der Waals surface area contributed by atoms with Gasteiger partial charge in [-0.1, -0.05) is 44.2 Å². The minimum absolute atomic E-state index is 0.0185. The van der Waals surface area contributed by atoms with E-state index in [1.165, 1.54) is 16.7 Å². The molecule has 1 spiro atoms. The topological polar surface area (TPSA) is 150 Å². The van der Waals surface area contributed by atoms with Gasteiger partial charge in [-0.25, -0.2) is 0 Å². The first kappa shape index (κ1) is 34.0. The Morgan fingerprint density at radius 3 is 2.43 bits per heavy atom. The summed E-state index contributed by atoms with van der Waals surface area (Å²) in [5.41, 5.74) is 3.21. The number of carbonyl (C=O) groups excluding carboxylic acids is 4. The molecule has 11 nitrogen and oxygen atoms in total. The Kier molecular flexibility index (Phi) is 12.3. The van der Waals surface area contributed by atoms with Gasteiger partial charge in [-0.3, -0.25) is 24.5 Å². The van der Waals surface area contributed by atoms with Gasteiger partial charge in [-0.15, -0.1) is 0 Å². The van der Waals surface area contributed by atoms with E-state index >= 15 is 0 Å². The summed E-state index contributed by atoms with van der Waals surface area (Å²) in [4.78, 5) is 53.2. The molecule has 2 saturated heterocycles. The standard InChI is InChI=1S/C32H48N6O5S/c1-20(2)13-27-31(42)38-26(11-12-44-4)30(41)35-21(3)29(40)36-24(14-23-10-9-22-7-5-6-8-25(22)23)15-33-17-32(18-43-19-32)34-16-28(39)37-27/h5-8,10,20-21,24,26-27,33-34H,9,11-19H2,1-4H3,(H,35,41)(H,36,40)(H,37,39)(H,38,42)/t21-,24-,26-,27-/m0/s1. The molecule has 0 saturated carbocycles. The van der Waals surface area contributed by atoms with Crippen molar-refractivity contribution in [2.75, 3.05) is 44.9 Å². The SMILES string of the molecule is CSCC[C@@H]1NC(=O)[C@H](CC(C)C)NC(=O)CNC2(CNC[C@H](CC3=CCc4ccccc43)NC(=O)[C@H](C)NC1=O)COC2. The van der Waals surface area contributed by atoms with E-state index in [4.69, 9.17) is 4.74 Å². The number of hydrogen-bond acceptors (Lipinski definition) is 8. The van der Waals surface area contributed by atoms with Crippen LogP contribution in [0.4, 0.5) is 0 Å². The summed E-state index contributed by atoms with van der Waals surface area (Å²) in [5, 5.41) is 18.5. The highest BCUT2D eigenvalue weighted by atomic mass is 32.2. The van der Waals surface area contributed by atoms with Crippen LogP contribution in [0.25, 0.3) is 5.57 Å². The zero-order valence-electron chi connectivity index (χ0n) is 26.3. The Hall–Kier alpha value is -2.93. The monoisotopic (exact) mass is 628 g/mol. The van der Waals surface area contributed by atoms with Gasteiger partial charge in [0.15, 0.2) is 0 Å². The molecule has 0 bridgehead atoms. The third kappa shape index (κ3) is 9.29. The number of ether oxygens (including phenoxy) is 1. The molecule has 6 N–H and O–H groups in total. The highest BCUT2D eigenvalue weighted by Crippen LogP contribution is 2.30. The lowest BCUT2D eigenvalue weighted by atomic mass is 9.96. The lowest BCUT2D eigenvalue weighted by molar-refractivity contribution is -0.134. The Balaban J connectivity index is 1.54. The van der Waals surface area contributed by atoms with E-state index in [1.807, 2.05) is 32.2 Å². The van der Waals surface area contributed by atoms with Crippen LogP contribution in [0.3, 0.4) is 0 Å². The van der Waals surface area contributed by atoms with Crippen molar-refractivity contribution in [3.8, 4) is 0 Å². The summed E-state index contributed by atoms with van der Waals surface area (Å²) in [6.45, 7) is 7.53. The molecule has 4 amide bonds. The van der Waals surface area contributed by atoms with Crippen molar-refractivity contribution in [3.63, 3.8) is 0 Å². The van der Waals surface area contributed by atoms with Crippen molar-refractivity contribution < 1.29 is 23.9 Å². The van der Waals surface area contributed by atoms with Gasteiger partial charge in [0.1, 0.15) is 18.1 Å². The van der Waals surface area contributed by atoms with E-state index in [0.29, 0.717) is 51.3 Å². The van der Waals surface area contributed by atoms with Crippen LogP contribution in [-0.4, -0.2) is 98.2 Å². The average Bonchev–Trinajstić information content (AvgIpc) is 3.37. The zero-order chi connectivity index (χ0) is 31.7. The molecule has 4 atom stereocenters. The zero-order valence-corrected chi connectivity index (χ0v) is 27.1. The first-order chi connectivity index (χ1) is 21.1. The van der Waals surface area contributed by atoms with Crippen LogP contribution in [0.1, 0.15) is 51.2 Å². The number of allylic oxidation sites excluding steroid dienone is 1. The van der Waals surface area contributed by atoms with Gasteiger partial charge < -0.3 is 31.3 Å². The summed E-state index contributed by atoms with van der Waals surface area (Å²) in [5.74, 6) is -0.664. The summed E-state index contributed by atoms with van der Waals surface area (Å²) < 4.78 is 5.52. The molecule has 0 radical (unpaired) electrons. The number of thioether (sulfide) groups is 1. The van der Waals surface area contributed by atoms with E-state index in [-0.39, 0.29) is 30.3 Å². The molecule has 4 rings (SSSR count). The predicted molar refractivity (Wildman–Crippen MR) is 173 cm³/mol. The molecule has 2 fully saturated rings. The van der Waals surface area contributed by atoms with E-state index in [1.54, 1.807) is 18.7 Å². The molecule has 242 valence electrons. The molecule has 2 aliphatic heterocycles. The Labute approximate surface area is 264 Å². The van der Waals surface area contributed by atoms with Gasteiger partial charge >= 0.3 is 0 Å². The minimum atomic E-state index is -0.846. The number of rotatable bonds is 7. The van der Waals surface area contributed by atoms with Crippen molar-refractivity contribution >= 4 is 41.0 Å². The van der Waals surface area contributed by atoms with Crippen LogP contribution in [0.15, 0.2) is 30.3 Å². The molecule has 1 aliphatic carbocycles. The number of nitrogens with one attached hydrogen (secondary N) is 6. The van der Waals surface area contributed by atoms with Gasteiger partial charge in [-0.2, -0.15) is 11.8 Å². The van der Waals surface area contributed by atoms with Crippen molar-refractivity contribution in [1.82, 2.24) is 31.9 Å². The number of amides is 4. The van der Waals surface area contributed by atoms with Crippen LogP contribution in [0, 0.1) is 5.92 Å². The molecule has 44 heavy (non-hydrogen) atoms. The maximum absolute atomic E-state index is 13.4. The molecule has 0 unspecified atom stereocenters. The summed E-state index contributed by atoms with van der Waals surface area (Å²) in [6, 6.07) is 5.58. The number of hydrogen-bond donors (Lipinski definition) is 6. The fraction of sp³-hybridized carbons (Fsp3) is 0.625. The largest absolute Gasteiger partial charge is 0.377 e. The molecule has 2 heterocycles. The van der Waals surface area contributed by atoms with Crippen LogP contribution in [0.2, 0.25) is 0 Å². The van der Waals surface area contributed by atoms with E-state index in [2.05, 4.69) is 50.1 Å². The number of benzene rings is 1. The first-order valence-electron chi connectivity index (χ1n) is 15.6. The smallest absolute Gasteiger partial charge is 0.243 e. The molecular formula is C32H48N6O5S. The van der Waals surface area contributed by atoms with Crippen LogP contribution < -0.4 is 31.9 Å². The highest BCUT2D eigenvalue weighted by molar-refractivity contribution is 7.98. The van der Waals surface area contributed by atoms with Gasteiger partial charge in [0.25, 0.3) is 0 Å². The fourth-order valence-corrected chi connectivity index (χ4v) is 6.26. The van der Waals surface area contributed by atoms with Crippen molar-refractivity contribution in [2.24, 2.45) is 5.92 Å². The fourth-order valence-electron chi connectivity index (χ4n) is 5.79. The second-order valence-corrected chi connectivity index (χ2v) is 13.6. The molecule has 1 aromatic carbocycles. The summed E-state index contributed by atoms with van der Waals surface area (Å²) >= 11 is 1.56. The van der Waals surface area contributed by atoms with E-state index in [9.17, 15) is 19.2 Å². The lowest BCUT2D eigenvalue weighted by Crippen LogP contribution is -2.67. The third-order valence-corrected chi connectivity index (χ3v) is 8.98. The van der Waals surface area contributed by atoms with Gasteiger partial charge in [0.05, 0.1) is 25.3 Å². The molecule has 12 heteroatoms. The second kappa shape index (κ2) is 15.9. The van der Waals surface area contributed by atoms with Gasteiger partial charge in [-0.05, 0) is 67.2 Å². The molecular weight excluding hydrogens is 580 g/mol. The van der Waals surface area contributed by atoms with Crippen molar-refractivity contribution in [1.29, 1.82) is 0 Å². The maximum atomic E-state index is 13.4. The average molecular weight is 629 g/mol. The maximum Gasteiger partial charge on any atom is 0.243 e. The predicted octanol–water partition coefficient (Wildman–Crippen LogP) is 0.736. The van der Waals surface area contributed by atoms with Gasteiger partial charge in [0.2, 0.25) is 23.6 Å². The van der Waals surface area contributed by atoms with Crippen LogP contribution in [-0.2, 0) is 30.3 Å². The molecule has 3 aliphatic rings. The van der Waals surface area contributed by atoms with Crippen molar-refractivity contribution in [2.45, 2.75) is 76.2 Å². The van der Waals surface area contributed by atoms with Crippen molar-refractivity contribution in [3.05, 3.63) is 41.5 Å². The second-order valence-electron chi connectivity index (χ2n) is 12.6. The highest BCUT2D eigenvalue weighted by Gasteiger charge is 2.39. The van der Waals surface area contributed by atoms with Crippen LogP contribution in [0.5, 0.6) is 0 Å². The normalized spacial score (nSPS) is 26.8. The lowest BCUT2D eigenvalue weighted by Gasteiger charge is -2.42.